The lowest BCUT2D eigenvalue weighted by atomic mass is 9.95. The second-order valence-electron chi connectivity index (χ2n) is 9.77. The van der Waals surface area contributed by atoms with Gasteiger partial charge in [0.1, 0.15) is 0 Å². The Bertz CT molecular complexity index is 2130. The van der Waals surface area contributed by atoms with Crippen LogP contribution in [-0.4, -0.2) is 4.57 Å². The largest absolute Gasteiger partial charge is 0.309 e. The van der Waals surface area contributed by atoms with Crippen LogP contribution in [0.1, 0.15) is 0 Å². The maximum Gasteiger partial charge on any atom is 0.0547 e. The average molecular weight is 470 g/mol. The minimum absolute atomic E-state index is 1.22. The fraction of sp³-hybridized carbons (Fsp3) is 0. The minimum Gasteiger partial charge on any atom is -0.309 e. The predicted octanol–water partition coefficient (Wildman–Crippen LogP) is 9.91. The number of nitrogens with zero attached hydrogens (tertiary/aromatic N) is 1. The Kier molecular flexibility index (Phi) is 4.29. The molecule has 0 amide bonds. The number of fused-ring (bicyclic) bond motifs is 7. The molecule has 37 heavy (non-hydrogen) atoms. The molecule has 0 radical (unpaired) electrons. The highest BCUT2D eigenvalue weighted by Gasteiger charge is 2.16. The molecule has 172 valence electrons. The molecule has 0 spiro atoms. The summed E-state index contributed by atoms with van der Waals surface area (Å²) in [6.45, 7) is 0. The summed E-state index contributed by atoms with van der Waals surface area (Å²) in [5.41, 5.74) is 6.21. The number of para-hydroxylation sites is 1. The summed E-state index contributed by atoms with van der Waals surface area (Å²) in [5.74, 6) is 0. The van der Waals surface area contributed by atoms with E-state index in [-0.39, 0.29) is 0 Å². The molecule has 8 rings (SSSR count). The van der Waals surface area contributed by atoms with E-state index in [4.69, 9.17) is 0 Å². The standard InChI is InChI=1S/C36H23N/c1-3-13-28-24(9-1)11-7-16-29(28)27-20-19-26-21-22-35-36(32(26)23-27)31-15-5-6-17-34(31)37(35)33-18-8-12-25-10-2-4-14-30(25)33/h1-23H. The fourth-order valence-electron chi connectivity index (χ4n) is 6.09. The van der Waals surface area contributed by atoms with E-state index in [1.165, 1.54) is 70.9 Å². The lowest BCUT2D eigenvalue weighted by molar-refractivity contribution is 1.20. The molecule has 0 N–H and O–H groups in total. The predicted molar refractivity (Wildman–Crippen MR) is 159 cm³/mol. The van der Waals surface area contributed by atoms with Gasteiger partial charge in [-0.15, -0.1) is 0 Å². The Morgan fingerprint density at radius 2 is 1.00 bits per heavy atom. The van der Waals surface area contributed by atoms with Gasteiger partial charge in [0, 0.05) is 16.2 Å². The highest BCUT2D eigenvalue weighted by Crippen LogP contribution is 2.40. The summed E-state index contributed by atoms with van der Waals surface area (Å²) < 4.78 is 2.44. The zero-order chi connectivity index (χ0) is 24.3. The molecule has 0 saturated heterocycles. The topological polar surface area (TPSA) is 4.93 Å². The summed E-state index contributed by atoms with van der Waals surface area (Å²) in [6, 6.07) is 50.8. The van der Waals surface area contributed by atoms with E-state index in [0.29, 0.717) is 0 Å². The van der Waals surface area contributed by atoms with Gasteiger partial charge in [0.05, 0.1) is 16.7 Å². The maximum absolute atomic E-state index is 2.44. The SMILES string of the molecule is c1ccc2c(-c3ccc4ccc5c(c4c3)c3ccccc3n5-c3cccc4ccccc34)cccc2c1. The molecule has 0 saturated carbocycles. The van der Waals surface area contributed by atoms with Crippen LogP contribution in [0.2, 0.25) is 0 Å². The summed E-state index contributed by atoms with van der Waals surface area (Å²) in [6.07, 6.45) is 0. The molecule has 1 heteroatoms. The van der Waals surface area contributed by atoms with Gasteiger partial charge < -0.3 is 4.57 Å². The Balaban J connectivity index is 1.49. The van der Waals surface area contributed by atoms with Gasteiger partial charge in [-0.2, -0.15) is 0 Å². The Morgan fingerprint density at radius 3 is 1.86 bits per heavy atom. The van der Waals surface area contributed by atoms with Gasteiger partial charge in [-0.05, 0) is 62.3 Å². The number of hydrogen-bond donors (Lipinski definition) is 0. The van der Waals surface area contributed by atoms with Gasteiger partial charge in [-0.1, -0.05) is 115 Å². The fourth-order valence-corrected chi connectivity index (χ4v) is 6.09. The quantitative estimate of drug-likeness (QED) is 0.237. The molecule has 0 atom stereocenters. The maximum atomic E-state index is 2.44. The van der Waals surface area contributed by atoms with Gasteiger partial charge in [-0.25, -0.2) is 0 Å². The van der Waals surface area contributed by atoms with Crippen molar-refractivity contribution in [1.82, 2.24) is 4.57 Å². The molecule has 0 bridgehead atoms. The summed E-state index contributed by atoms with van der Waals surface area (Å²) in [7, 11) is 0. The van der Waals surface area contributed by atoms with Crippen LogP contribution < -0.4 is 0 Å². The van der Waals surface area contributed by atoms with E-state index in [1.807, 2.05) is 0 Å². The molecule has 0 aliphatic heterocycles. The van der Waals surface area contributed by atoms with Crippen LogP contribution in [0.4, 0.5) is 0 Å². The first-order valence-electron chi connectivity index (χ1n) is 12.8. The van der Waals surface area contributed by atoms with Gasteiger partial charge in [0.15, 0.2) is 0 Å². The van der Waals surface area contributed by atoms with Crippen molar-refractivity contribution in [2.75, 3.05) is 0 Å². The molecule has 1 aromatic heterocycles. The zero-order valence-electron chi connectivity index (χ0n) is 20.2. The molecule has 0 fully saturated rings. The van der Waals surface area contributed by atoms with E-state index < -0.39 is 0 Å². The minimum atomic E-state index is 1.22. The van der Waals surface area contributed by atoms with Crippen molar-refractivity contribution in [1.29, 1.82) is 0 Å². The second-order valence-corrected chi connectivity index (χ2v) is 9.77. The van der Waals surface area contributed by atoms with Crippen molar-refractivity contribution in [3.8, 4) is 16.8 Å². The van der Waals surface area contributed by atoms with Crippen molar-refractivity contribution in [3.05, 3.63) is 140 Å². The van der Waals surface area contributed by atoms with Crippen molar-refractivity contribution in [2.24, 2.45) is 0 Å². The van der Waals surface area contributed by atoms with Gasteiger partial charge in [0.2, 0.25) is 0 Å². The highest BCUT2D eigenvalue weighted by molar-refractivity contribution is 6.22. The van der Waals surface area contributed by atoms with Crippen molar-refractivity contribution in [3.63, 3.8) is 0 Å². The normalized spacial score (nSPS) is 11.8. The molecule has 1 heterocycles. The van der Waals surface area contributed by atoms with Crippen molar-refractivity contribution < 1.29 is 0 Å². The number of rotatable bonds is 2. The van der Waals surface area contributed by atoms with Gasteiger partial charge in [0.25, 0.3) is 0 Å². The Labute approximate surface area is 214 Å². The lowest BCUT2D eigenvalue weighted by Crippen LogP contribution is -1.95. The summed E-state index contributed by atoms with van der Waals surface area (Å²) in [4.78, 5) is 0. The smallest absolute Gasteiger partial charge is 0.0547 e. The van der Waals surface area contributed by atoms with Crippen LogP contribution in [0.5, 0.6) is 0 Å². The number of hydrogen-bond acceptors (Lipinski definition) is 0. The van der Waals surface area contributed by atoms with E-state index >= 15 is 0 Å². The van der Waals surface area contributed by atoms with Crippen LogP contribution in [0.15, 0.2) is 140 Å². The first kappa shape index (κ1) is 20.3. The monoisotopic (exact) mass is 469 g/mol. The molecule has 1 nitrogen and oxygen atoms in total. The zero-order valence-corrected chi connectivity index (χ0v) is 20.2. The van der Waals surface area contributed by atoms with E-state index in [9.17, 15) is 0 Å². The summed E-state index contributed by atoms with van der Waals surface area (Å²) in [5, 5.41) is 10.2. The second kappa shape index (κ2) is 7.81. The van der Waals surface area contributed by atoms with Crippen LogP contribution in [0.3, 0.4) is 0 Å². The van der Waals surface area contributed by atoms with Crippen LogP contribution >= 0.6 is 0 Å². The first-order valence-corrected chi connectivity index (χ1v) is 12.8. The summed E-state index contributed by atoms with van der Waals surface area (Å²) >= 11 is 0. The van der Waals surface area contributed by atoms with E-state index in [1.54, 1.807) is 0 Å². The molecule has 8 aromatic rings. The number of aromatic nitrogens is 1. The molecule has 0 unspecified atom stereocenters. The third-order valence-corrected chi connectivity index (χ3v) is 7.76. The van der Waals surface area contributed by atoms with Gasteiger partial charge >= 0.3 is 0 Å². The average Bonchev–Trinajstić information content (AvgIpc) is 3.31. The first-order chi connectivity index (χ1) is 18.4. The van der Waals surface area contributed by atoms with Crippen LogP contribution in [0.25, 0.3) is 70.9 Å². The molecule has 0 aliphatic rings. The molecule has 7 aromatic carbocycles. The number of benzene rings is 7. The van der Waals surface area contributed by atoms with E-state index in [0.717, 1.165) is 0 Å². The van der Waals surface area contributed by atoms with Crippen molar-refractivity contribution in [2.45, 2.75) is 0 Å². The molecule has 0 aliphatic carbocycles. The molecular weight excluding hydrogens is 446 g/mol. The van der Waals surface area contributed by atoms with Crippen molar-refractivity contribution >= 4 is 54.1 Å². The lowest BCUT2D eigenvalue weighted by Gasteiger charge is -2.12. The molecular formula is C36H23N. The third-order valence-electron chi connectivity index (χ3n) is 7.76. The Morgan fingerprint density at radius 1 is 0.378 bits per heavy atom. The van der Waals surface area contributed by atoms with E-state index in [2.05, 4.69) is 144 Å². The van der Waals surface area contributed by atoms with Crippen LogP contribution in [-0.2, 0) is 0 Å². The van der Waals surface area contributed by atoms with Gasteiger partial charge in [-0.3, -0.25) is 0 Å². The Hall–Kier alpha value is -4.88. The van der Waals surface area contributed by atoms with Crippen LogP contribution in [0, 0.1) is 0 Å². The third kappa shape index (κ3) is 2.98. The highest BCUT2D eigenvalue weighted by atomic mass is 15.0.